The van der Waals surface area contributed by atoms with Gasteiger partial charge < -0.3 is 5.21 Å². The first-order valence-corrected chi connectivity index (χ1v) is 4.74. The molecule has 4 heteroatoms. The Hall–Kier alpha value is -0.250. The lowest BCUT2D eigenvalue weighted by molar-refractivity contribution is 0.292. The number of hydrogen-bond acceptors (Lipinski definition) is 3. The van der Waals surface area contributed by atoms with Crippen LogP contribution in [0.25, 0.3) is 0 Å². The summed E-state index contributed by atoms with van der Waals surface area (Å²) in [6.07, 6.45) is 1.89. The van der Waals surface area contributed by atoms with Crippen LogP contribution in [0, 0.1) is 5.41 Å². The lowest BCUT2D eigenvalue weighted by atomic mass is 9.90. The number of nitrogens with zero attached hydrogens (tertiary/aromatic N) is 1. The largest absolute Gasteiger partial charge is 0.411 e. The highest BCUT2D eigenvalue weighted by atomic mass is 32.2. The first-order valence-electron chi connectivity index (χ1n) is 3.34. The molecule has 0 fully saturated rings. The molecule has 0 amide bonds. The summed E-state index contributed by atoms with van der Waals surface area (Å²) in [4.78, 5) is 0. The van der Waals surface area contributed by atoms with Crippen LogP contribution in [-0.2, 0) is 0 Å². The molecule has 11 heavy (non-hydrogen) atoms. The fraction of sp³-hybridized carbons (Fsp3) is 0.857. The highest BCUT2D eigenvalue weighted by Gasteiger charge is 2.25. The van der Waals surface area contributed by atoms with E-state index in [1.165, 1.54) is 11.8 Å². The van der Waals surface area contributed by atoms with Crippen LogP contribution in [0.15, 0.2) is 5.16 Å². The van der Waals surface area contributed by atoms with Crippen LogP contribution in [0.1, 0.15) is 13.8 Å². The van der Waals surface area contributed by atoms with E-state index in [0.29, 0.717) is 11.5 Å². The summed E-state index contributed by atoms with van der Waals surface area (Å²) in [6.45, 7) is 2.95. The van der Waals surface area contributed by atoms with E-state index in [1.807, 2.05) is 6.26 Å². The zero-order valence-electron chi connectivity index (χ0n) is 7.09. The quantitative estimate of drug-likeness (QED) is 0.407. The van der Waals surface area contributed by atoms with Crippen LogP contribution in [0.4, 0.5) is 4.39 Å². The van der Waals surface area contributed by atoms with Crippen LogP contribution in [0.2, 0.25) is 0 Å². The number of halogens is 1. The van der Waals surface area contributed by atoms with Crippen molar-refractivity contribution in [3.05, 3.63) is 0 Å². The zero-order chi connectivity index (χ0) is 8.91. The van der Waals surface area contributed by atoms with Crippen LogP contribution >= 0.6 is 11.8 Å². The van der Waals surface area contributed by atoms with Gasteiger partial charge in [0.1, 0.15) is 0 Å². The highest BCUT2D eigenvalue weighted by Crippen LogP contribution is 2.20. The SMILES string of the molecule is CSCC(=NO)C(C)(C)CF. The minimum Gasteiger partial charge on any atom is -0.411 e. The molecular weight excluding hydrogens is 165 g/mol. The van der Waals surface area contributed by atoms with E-state index in [2.05, 4.69) is 5.16 Å². The molecule has 0 bridgehead atoms. The van der Waals surface area contributed by atoms with E-state index in [1.54, 1.807) is 13.8 Å². The van der Waals surface area contributed by atoms with Gasteiger partial charge in [-0.1, -0.05) is 19.0 Å². The molecule has 0 spiro atoms. The van der Waals surface area contributed by atoms with Crippen molar-refractivity contribution >= 4 is 17.5 Å². The van der Waals surface area contributed by atoms with E-state index in [4.69, 9.17) is 5.21 Å². The topological polar surface area (TPSA) is 32.6 Å². The van der Waals surface area contributed by atoms with Gasteiger partial charge >= 0.3 is 0 Å². The smallest absolute Gasteiger partial charge is 0.0999 e. The third kappa shape index (κ3) is 3.10. The maximum atomic E-state index is 12.3. The van der Waals surface area contributed by atoms with Gasteiger partial charge in [0, 0.05) is 11.2 Å². The summed E-state index contributed by atoms with van der Waals surface area (Å²) in [6, 6.07) is 0. The van der Waals surface area contributed by atoms with Crippen molar-refractivity contribution in [2.24, 2.45) is 10.6 Å². The standard InChI is InChI=1S/C7H14FNOS/c1-7(2,5-8)6(9-10)4-11-3/h10H,4-5H2,1-3H3. The normalized spacial score (nSPS) is 13.6. The van der Waals surface area contributed by atoms with Crippen molar-refractivity contribution in [1.29, 1.82) is 0 Å². The molecule has 0 aliphatic rings. The van der Waals surface area contributed by atoms with Gasteiger partial charge in [-0.2, -0.15) is 11.8 Å². The summed E-state index contributed by atoms with van der Waals surface area (Å²) in [7, 11) is 0. The number of thioether (sulfide) groups is 1. The highest BCUT2D eigenvalue weighted by molar-refractivity contribution is 7.99. The van der Waals surface area contributed by atoms with E-state index in [-0.39, 0.29) is 0 Å². The first kappa shape index (κ1) is 10.8. The van der Waals surface area contributed by atoms with Crippen molar-refractivity contribution in [2.45, 2.75) is 13.8 Å². The molecule has 0 aliphatic carbocycles. The fourth-order valence-electron chi connectivity index (χ4n) is 0.573. The molecule has 0 aromatic carbocycles. The molecule has 1 N–H and O–H groups in total. The minimum absolute atomic E-state index is 0.493. The van der Waals surface area contributed by atoms with Crippen molar-refractivity contribution in [3.63, 3.8) is 0 Å². The predicted molar refractivity (Wildman–Crippen MR) is 47.4 cm³/mol. The van der Waals surface area contributed by atoms with E-state index >= 15 is 0 Å². The first-order chi connectivity index (χ1) is 5.08. The second kappa shape index (κ2) is 4.59. The van der Waals surface area contributed by atoms with Crippen molar-refractivity contribution in [2.75, 3.05) is 18.7 Å². The molecule has 0 heterocycles. The molecule has 0 aromatic heterocycles. The molecule has 0 aromatic rings. The Morgan fingerprint density at radius 3 is 2.45 bits per heavy atom. The maximum Gasteiger partial charge on any atom is 0.0999 e. The summed E-state index contributed by atoms with van der Waals surface area (Å²) in [5.41, 5.74) is -0.120. The lowest BCUT2D eigenvalue weighted by Gasteiger charge is -2.20. The molecule has 2 nitrogen and oxygen atoms in total. The Balaban J connectivity index is 4.25. The number of alkyl halides is 1. The minimum atomic E-state index is -0.627. The van der Waals surface area contributed by atoms with Gasteiger partial charge in [-0.05, 0) is 6.26 Å². The third-order valence-corrected chi connectivity index (χ3v) is 2.08. The molecule has 0 rings (SSSR count). The predicted octanol–water partition coefficient (Wildman–Crippen LogP) is 2.18. The van der Waals surface area contributed by atoms with Gasteiger partial charge in [0.05, 0.1) is 12.4 Å². The molecule has 0 saturated heterocycles. The van der Waals surface area contributed by atoms with Crippen molar-refractivity contribution < 1.29 is 9.60 Å². The third-order valence-electron chi connectivity index (χ3n) is 1.52. The Morgan fingerprint density at radius 1 is 1.64 bits per heavy atom. The molecule has 0 saturated carbocycles. The number of rotatable bonds is 4. The zero-order valence-corrected chi connectivity index (χ0v) is 7.91. The monoisotopic (exact) mass is 179 g/mol. The van der Waals surface area contributed by atoms with Gasteiger partial charge in [0.15, 0.2) is 0 Å². The average molecular weight is 179 g/mol. The summed E-state index contributed by atoms with van der Waals surface area (Å²) >= 11 is 1.52. The van der Waals surface area contributed by atoms with Crippen molar-refractivity contribution in [1.82, 2.24) is 0 Å². The molecule has 0 atom stereocenters. The van der Waals surface area contributed by atoms with Gasteiger partial charge in [-0.25, -0.2) is 0 Å². The van der Waals surface area contributed by atoms with Gasteiger partial charge in [-0.3, -0.25) is 4.39 Å². The Labute approximate surface area is 70.9 Å². The molecule has 0 aliphatic heterocycles. The fourth-order valence-corrected chi connectivity index (χ4v) is 1.30. The van der Waals surface area contributed by atoms with Gasteiger partial charge in [-0.15, -0.1) is 0 Å². The second-order valence-corrected chi connectivity index (χ2v) is 3.86. The Morgan fingerprint density at radius 2 is 2.18 bits per heavy atom. The van der Waals surface area contributed by atoms with Gasteiger partial charge in [0.25, 0.3) is 0 Å². The Kier molecular flexibility index (Phi) is 4.49. The van der Waals surface area contributed by atoms with Crippen LogP contribution in [0.5, 0.6) is 0 Å². The molecular formula is C7H14FNOS. The molecule has 66 valence electrons. The molecule has 0 radical (unpaired) electrons. The van der Waals surface area contributed by atoms with Crippen LogP contribution in [0.3, 0.4) is 0 Å². The van der Waals surface area contributed by atoms with Gasteiger partial charge in [0.2, 0.25) is 0 Å². The average Bonchev–Trinajstić information content (AvgIpc) is 2.00. The van der Waals surface area contributed by atoms with Crippen LogP contribution in [-0.4, -0.2) is 29.6 Å². The summed E-state index contributed by atoms with van der Waals surface area (Å²) in [5, 5.41) is 11.6. The number of hydrogen-bond donors (Lipinski definition) is 1. The molecule has 0 unspecified atom stereocenters. The lowest BCUT2D eigenvalue weighted by Crippen LogP contribution is -2.28. The second-order valence-electron chi connectivity index (χ2n) is 3.00. The van der Waals surface area contributed by atoms with Crippen molar-refractivity contribution in [3.8, 4) is 0 Å². The Bertz CT molecular complexity index is 147. The van der Waals surface area contributed by atoms with E-state index in [9.17, 15) is 4.39 Å². The van der Waals surface area contributed by atoms with Crippen LogP contribution < -0.4 is 0 Å². The maximum absolute atomic E-state index is 12.3. The number of oxime groups is 1. The summed E-state index contributed by atoms with van der Waals surface area (Å²) < 4.78 is 12.3. The van der Waals surface area contributed by atoms with E-state index in [0.717, 1.165) is 0 Å². The van der Waals surface area contributed by atoms with E-state index < -0.39 is 12.1 Å². The summed E-state index contributed by atoms with van der Waals surface area (Å²) in [5.74, 6) is 0.577.